The Balaban J connectivity index is 1.73. The third kappa shape index (κ3) is 7.06. The molecule has 0 bridgehead atoms. The predicted octanol–water partition coefficient (Wildman–Crippen LogP) is 3.23. The van der Waals surface area contributed by atoms with Gasteiger partial charge in [0.15, 0.2) is 6.61 Å². The van der Waals surface area contributed by atoms with Crippen LogP contribution in [0.5, 0.6) is 0 Å². The van der Waals surface area contributed by atoms with E-state index in [1.54, 1.807) is 6.07 Å². The first kappa shape index (κ1) is 23.2. The molecular weight excluding hydrogens is 433 g/mol. The fourth-order valence-electron chi connectivity index (χ4n) is 2.36. The van der Waals surface area contributed by atoms with Crippen molar-refractivity contribution in [2.45, 2.75) is 13.8 Å². The molecule has 0 unspecified atom stereocenters. The van der Waals surface area contributed by atoms with Crippen LogP contribution < -0.4 is 16.0 Å². The second-order valence-electron chi connectivity index (χ2n) is 6.29. The van der Waals surface area contributed by atoms with Crippen LogP contribution in [0.4, 0.5) is 10.5 Å². The van der Waals surface area contributed by atoms with Crippen LogP contribution in [0, 0.1) is 13.8 Å². The molecule has 4 amide bonds. The number of hydrogen-bond acceptors (Lipinski definition) is 5. The highest BCUT2D eigenvalue weighted by atomic mass is 35.5. The Bertz CT molecular complexity index is 994. The molecule has 0 saturated heterocycles. The summed E-state index contributed by atoms with van der Waals surface area (Å²) >= 11 is 11.6. The Labute approximate surface area is 182 Å². The van der Waals surface area contributed by atoms with Crippen molar-refractivity contribution in [3.63, 3.8) is 0 Å². The van der Waals surface area contributed by atoms with Crippen LogP contribution in [0.25, 0.3) is 0 Å². The molecule has 30 heavy (non-hydrogen) atoms. The van der Waals surface area contributed by atoms with E-state index < -0.39 is 37.0 Å². The van der Waals surface area contributed by atoms with E-state index in [-0.39, 0.29) is 10.6 Å². The summed E-state index contributed by atoms with van der Waals surface area (Å²) in [6.07, 6.45) is 0. The highest BCUT2D eigenvalue weighted by Gasteiger charge is 2.14. The molecule has 0 aliphatic rings. The summed E-state index contributed by atoms with van der Waals surface area (Å²) in [4.78, 5) is 47.3. The Morgan fingerprint density at radius 1 is 0.967 bits per heavy atom. The van der Waals surface area contributed by atoms with Crippen molar-refractivity contribution in [1.82, 2.24) is 10.6 Å². The zero-order chi connectivity index (χ0) is 22.3. The van der Waals surface area contributed by atoms with E-state index in [0.29, 0.717) is 10.7 Å². The van der Waals surface area contributed by atoms with Gasteiger partial charge in [0.25, 0.3) is 11.8 Å². The molecule has 2 aromatic carbocycles. The average molecular weight is 452 g/mol. The number of anilines is 1. The number of nitrogens with one attached hydrogen (secondary N) is 3. The van der Waals surface area contributed by atoms with Gasteiger partial charge in [-0.1, -0.05) is 40.9 Å². The lowest BCUT2D eigenvalue weighted by atomic mass is 10.1. The summed E-state index contributed by atoms with van der Waals surface area (Å²) in [7, 11) is 0. The lowest BCUT2D eigenvalue weighted by Gasteiger charge is -2.10. The van der Waals surface area contributed by atoms with E-state index in [1.165, 1.54) is 18.2 Å². The van der Waals surface area contributed by atoms with Gasteiger partial charge in [-0.2, -0.15) is 0 Å². The van der Waals surface area contributed by atoms with Crippen LogP contribution in [0.1, 0.15) is 21.5 Å². The van der Waals surface area contributed by atoms with Gasteiger partial charge in [0.05, 0.1) is 10.0 Å². The van der Waals surface area contributed by atoms with Crippen LogP contribution >= 0.6 is 23.2 Å². The van der Waals surface area contributed by atoms with Crippen LogP contribution in [0.2, 0.25) is 10.0 Å². The second-order valence-corrected chi connectivity index (χ2v) is 7.11. The SMILES string of the molecule is Cc1ccc(NC(=O)NC(=O)COC(=O)CNC(=O)c2ccc(Cl)c(Cl)c2)c(C)c1. The zero-order valence-electron chi connectivity index (χ0n) is 16.2. The van der Waals surface area contributed by atoms with E-state index >= 15 is 0 Å². The quantitative estimate of drug-likeness (QED) is 0.583. The second kappa shape index (κ2) is 10.6. The van der Waals surface area contributed by atoms with Gasteiger partial charge < -0.3 is 15.4 Å². The molecule has 158 valence electrons. The third-order valence-electron chi connectivity index (χ3n) is 3.82. The monoisotopic (exact) mass is 451 g/mol. The minimum absolute atomic E-state index is 0.197. The fraction of sp³-hybridized carbons (Fsp3) is 0.200. The Hall–Kier alpha value is -3.10. The number of urea groups is 1. The number of aryl methyl sites for hydroxylation is 2. The van der Waals surface area contributed by atoms with E-state index in [1.807, 2.05) is 31.3 Å². The van der Waals surface area contributed by atoms with Crippen molar-refractivity contribution in [3.05, 3.63) is 63.1 Å². The highest BCUT2D eigenvalue weighted by Crippen LogP contribution is 2.22. The van der Waals surface area contributed by atoms with Crippen molar-refractivity contribution in [3.8, 4) is 0 Å². The molecule has 0 fully saturated rings. The Morgan fingerprint density at radius 2 is 1.70 bits per heavy atom. The van der Waals surface area contributed by atoms with Gasteiger partial charge in [-0.15, -0.1) is 0 Å². The largest absolute Gasteiger partial charge is 0.454 e. The minimum atomic E-state index is -0.853. The molecule has 0 radical (unpaired) electrons. The molecule has 3 N–H and O–H groups in total. The van der Waals surface area contributed by atoms with Crippen LogP contribution in [0.15, 0.2) is 36.4 Å². The first-order valence-corrected chi connectivity index (χ1v) is 9.48. The average Bonchev–Trinajstić information content (AvgIpc) is 2.68. The van der Waals surface area contributed by atoms with Crippen LogP contribution in [-0.2, 0) is 14.3 Å². The summed E-state index contributed by atoms with van der Waals surface area (Å²) in [5.41, 5.74) is 2.63. The number of benzene rings is 2. The first-order valence-electron chi connectivity index (χ1n) is 8.72. The molecule has 0 aliphatic heterocycles. The maximum atomic E-state index is 12.0. The van der Waals surface area contributed by atoms with Gasteiger partial charge in [0.2, 0.25) is 0 Å². The zero-order valence-corrected chi connectivity index (χ0v) is 17.7. The highest BCUT2D eigenvalue weighted by molar-refractivity contribution is 6.42. The van der Waals surface area contributed by atoms with E-state index in [0.717, 1.165) is 11.1 Å². The number of carbonyl (C=O) groups is 4. The minimum Gasteiger partial charge on any atom is -0.454 e. The summed E-state index contributed by atoms with van der Waals surface area (Å²) in [6.45, 7) is 2.59. The van der Waals surface area contributed by atoms with Crippen molar-refractivity contribution in [2.75, 3.05) is 18.5 Å². The fourth-order valence-corrected chi connectivity index (χ4v) is 2.66. The van der Waals surface area contributed by atoms with Gasteiger partial charge in [-0.25, -0.2) is 4.79 Å². The molecular formula is C20H19Cl2N3O5. The molecule has 0 spiro atoms. The van der Waals surface area contributed by atoms with Crippen molar-refractivity contribution in [1.29, 1.82) is 0 Å². The normalized spacial score (nSPS) is 10.1. The van der Waals surface area contributed by atoms with Gasteiger partial charge in [0.1, 0.15) is 6.54 Å². The topological polar surface area (TPSA) is 114 Å². The molecule has 0 heterocycles. The predicted molar refractivity (Wildman–Crippen MR) is 113 cm³/mol. The molecule has 0 aliphatic carbocycles. The van der Waals surface area contributed by atoms with E-state index in [9.17, 15) is 19.2 Å². The third-order valence-corrected chi connectivity index (χ3v) is 4.56. The number of carbonyl (C=O) groups excluding carboxylic acids is 4. The van der Waals surface area contributed by atoms with Crippen molar-refractivity contribution >= 4 is 52.7 Å². The van der Waals surface area contributed by atoms with Crippen molar-refractivity contribution < 1.29 is 23.9 Å². The smallest absolute Gasteiger partial charge is 0.325 e. The molecule has 2 rings (SSSR count). The number of halogens is 2. The number of rotatable bonds is 6. The number of imide groups is 1. The number of esters is 1. The lowest BCUT2D eigenvalue weighted by molar-refractivity contribution is -0.147. The summed E-state index contributed by atoms with van der Waals surface area (Å²) in [6, 6.07) is 8.90. The lowest BCUT2D eigenvalue weighted by Crippen LogP contribution is -2.38. The van der Waals surface area contributed by atoms with Crippen LogP contribution in [0.3, 0.4) is 0 Å². The number of ether oxygens (including phenoxy) is 1. The van der Waals surface area contributed by atoms with Crippen molar-refractivity contribution in [2.24, 2.45) is 0 Å². The molecule has 8 nitrogen and oxygen atoms in total. The molecule has 0 saturated carbocycles. The summed E-state index contributed by atoms with van der Waals surface area (Å²) in [5.74, 6) is -2.24. The van der Waals surface area contributed by atoms with E-state index in [2.05, 4.69) is 10.6 Å². The van der Waals surface area contributed by atoms with E-state index in [4.69, 9.17) is 27.9 Å². The summed E-state index contributed by atoms with van der Waals surface area (Å²) in [5, 5.41) is 7.40. The van der Waals surface area contributed by atoms with Gasteiger partial charge in [-0.3, -0.25) is 19.7 Å². The van der Waals surface area contributed by atoms with Gasteiger partial charge in [0, 0.05) is 11.3 Å². The Morgan fingerprint density at radius 3 is 2.37 bits per heavy atom. The first-order chi connectivity index (χ1) is 14.2. The van der Waals surface area contributed by atoms with Gasteiger partial charge >= 0.3 is 12.0 Å². The van der Waals surface area contributed by atoms with Crippen LogP contribution in [-0.4, -0.2) is 37.0 Å². The maximum absolute atomic E-state index is 12.0. The summed E-state index contributed by atoms with van der Waals surface area (Å²) < 4.78 is 4.73. The van der Waals surface area contributed by atoms with Gasteiger partial charge in [-0.05, 0) is 43.7 Å². The standard InChI is InChI=1S/C20H19Cl2N3O5/c1-11-3-6-16(12(2)7-11)24-20(29)25-17(26)10-30-18(27)9-23-19(28)13-4-5-14(21)15(22)8-13/h3-8H,9-10H2,1-2H3,(H,23,28)(H2,24,25,26,29). The molecule has 0 atom stereocenters. The number of hydrogen-bond donors (Lipinski definition) is 3. The molecule has 0 aromatic heterocycles. The number of amides is 4. The Kier molecular flexibility index (Phi) is 8.20. The molecule has 2 aromatic rings. The maximum Gasteiger partial charge on any atom is 0.325 e. The molecule has 10 heteroatoms.